The van der Waals surface area contributed by atoms with Crippen LogP contribution in [0, 0.1) is 0 Å². The van der Waals surface area contributed by atoms with Crippen molar-refractivity contribution in [2.45, 2.75) is 0 Å². The summed E-state index contributed by atoms with van der Waals surface area (Å²) in [6, 6.07) is 14.8. The summed E-state index contributed by atoms with van der Waals surface area (Å²) in [6.45, 7) is 0.152. The SMILES string of the molecule is O=C(Nc1ccc(Cl)cc1)c1ccnc(C(=O)Nc2ccc3c(c2)OCO3)c1. The summed E-state index contributed by atoms with van der Waals surface area (Å²) in [5.74, 6) is 0.376. The molecule has 28 heavy (non-hydrogen) atoms. The van der Waals surface area contributed by atoms with Crippen LogP contribution in [0.1, 0.15) is 20.8 Å². The van der Waals surface area contributed by atoms with Gasteiger partial charge in [-0.15, -0.1) is 0 Å². The average Bonchev–Trinajstić information content (AvgIpc) is 3.17. The minimum Gasteiger partial charge on any atom is -0.454 e. The van der Waals surface area contributed by atoms with Crippen molar-refractivity contribution in [2.75, 3.05) is 17.4 Å². The fourth-order valence-electron chi connectivity index (χ4n) is 2.60. The number of rotatable bonds is 4. The molecule has 140 valence electrons. The molecule has 0 fully saturated rings. The Labute approximate surface area is 165 Å². The van der Waals surface area contributed by atoms with Gasteiger partial charge in [0.15, 0.2) is 11.5 Å². The average molecular weight is 396 g/mol. The highest BCUT2D eigenvalue weighted by Crippen LogP contribution is 2.34. The number of benzene rings is 2. The smallest absolute Gasteiger partial charge is 0.274 e. The molecule has 3 aromatic rings. The lowest BCUT2D eigenvalue weighted by Gasteiger charge is -2.08. The van der Waals surface area contributed by atoms with Gasteiger partial charge in [0.25, 0.3) is 11.8 Å². The van der Waals surface area contributed by atoms with E-state index < -0.39 is 5.91 Å². The van der Waals surface area contributed by atoms with E-state index in [1.807, 2.05) is 0 Å². The van der Waals surface area contributed by atoms with Crippen LogP contribution >= 0.6 is 11.6 Å². The van der Waals surface area contributed by atoms with Crippen molar-refractivity contribution < 1.29 is 19.1 Å². The normalized spacial score (nSPS) is 11.8. The van der Waals surface area contributed by atoms with Crippen molar-refractivity contribution in [3.8, 4) is 11.5 Å². The third-order valence-corrected chi connectivity index (χ3v) is 4.24. The Balaban J connectivity index is 1.47. The van der Waals surface area contributed by atoms with Gasteiger partial charge in [0, 0.05) is 34.2 Å². The van der Waals surface area contributed by atoms with Crippen LogP contribution in [0.5, 0.6) is 11.5 Å². The number of hydrogen-bond acceptors (Lipinski definition) is 5. The molecule has 2 heterocycles. The highest BCUT2D eigenvalue weighted by Gasteiger charge is 2.16. The Morgan fingerprint density at radius 3 is 2.39 bits per heavy atom. The van der Waals surface area contributed by atoms with E-state index in [1.165, 1.54) is 18.3 Å². The molecule has 0 saturated heterocycles. The zero-order chi connectivity index (χ0) is 19.5. The van der Waals surface area contributed by atoms with Gasteiger partial charge in [-0.3, -0.25) is 14.6 Å². The van der Waals surface area contributed by atoms with Gasteiger partial charge >= 0.3 is 0 Å². The summed E-state index contributed by atoms with van der Waals surface area (Å²) >= 11 is 5.84. The zero-order valence-electron chi connectivity index (χ0n) is 14.4. The monoisotopic (exact) mass is 395 g/mol. The lowest BCUT2D eigenvalue weighted by molar-refractivity contribution is 0.102. The van der Waals surface area contributed by atoms with Crippen molar-refractivity contribution in [3.63, 3.8) is 0 Å². The highest BCUT2D eigenvalue weighted by molar-refractivity contribution is 6.30. The van der Waals surface area contributed by atoms with Crippen molar-refractivity contribution in [1.29, 1.82) is 0 Å². The van der Waals surface area contributed by atoms with E-state index in [1.54, 1.807) is 42.5 Å². The number of hydrogen-bond donors (Lipinski definition) is 2. The second kappa shape index (κ2) is 7.58. The molecule has 2 N–H and O–H groups in total. The third-order valence-electron chi connectivity index (χ3n) is 3.99. The Morgan fingerprint density at radius 1 is 0.857 bits per heavy atom. The van der Waals surface area contributed by atoms with Crippen molar-refractivity contribution >= 4 is 34.8 Å². The van der Waals surface area contributed by atoms with E-state index >= 15 is 0 Å². The van der Waals surface area contributed by atoms with Crippen LogP contribution < -0.4 is 20.1 Å². The summed E-state index contributed by atoms with van der Waals surface area (Å²) in [4.78, 5) is 29.0. The van der Waals surface area contributed by atoms with E-state index in [0.717, 1.165) is 0 Å². The number of fused-ring (bicyclic) bond motifs is 1. The highest BCUT2D eigenvalue weighted by atomic mass is 35.5. The van der Waals surface area contributed by atoms with Gasteiger partial charge in [-0.1, -0.05) is 11.6 Å². The number of ether oxygens (including phenoxy) is 2. The van der Waals surface area contributed by atoms with Crippen molar-refractivity contribution in [2.24, 2.45) is 0 Å². The largest absolute Gasteiger partial charge is 0.454 e. The maximum absolute atomic E-state index is 12.5. The summed E-state index contributed by atoms with van der Waals surface area (Å²) in [5.41, 5.74) is 1.55. The lowest BCUT2D eigenvalue weighted by Crippen LogP contribution is -2.17. The first-order chi connectivity index (χ1) is 13.6. The van der Waals surface area contributed by atoms with Gasteiger partial charge in [0.05, 0.1) is 0 Å². The van der Waals surface area contributed by atoms with E-state index in [2.05, 4.69) is 15.6 Å². The molecule has 4 rings (SSSR count). The quantitative estimate of drug-likeness (QED) is 0.697. The number of carbonyl (C=O) groups excluding carboxylic acids is 2. The van der Waals surface area contributed by atoms with E-state index in [4.69, 9.17) is 21.1 Å². The molecule has 0 bridgehead atoms. The molecule has 2 aromatic carbocycles. The molecule has 2 amide bonds. The maximum Gasteiger partial charge on any atom is 0.274 e. The zero-order valence-corrected chi connectivity index (χ0v) is 15.2. The summed E-state index contributed by atoms with van der Waals surface area (Å²) < 4.78 is 10.5. The van der Waals surface area contributed by atoms with Crippen LogP contribution in [0.4, 0.5) is 11.4 Å². The van der Waals surface area contributed by atoms with Crippen LogP contribution in [0.25, 0.3) is 0 Å². The number of aromatic nitrogens is 1. The van der Waals surface area contributed by atoms with E-state index in [-0.39, 0.29) is 18.4 Å². The lowest BCUT2D eigenvalue weighted by atomic mass is 10.2. The Kier molecular flexibility index (Phi) is 4.82. The first kappa shape index (κ1) is 17.8. The van der Waals surface area contributed by atoms with E-state index in [0.29, 0.717) is 33.5 Å². The van der Waals surface area contributed by atoms with Crippen LogP contribution in [-0.4, -0.2) is 23.6 Å². The number of anilines is 2. The molecule has 0 aliphatic carbocycles. The molecule has 8 heteroatoms. The summed E-state index contributed by atoms with van der Waals surface area (Å²) in [7, 11) is 0. The molecule has 0 saturated carbocycles. The Morgan fingerprint density at radius 2 is 1.57 bits per heavy atom. The summed E-state index contributed by atoms with van der Waals surface area (Å²) in [6.07, 6.45) is 1.41. The maximum atomic E-state index is 12.5. The summed E-state index contributed by atoms with van der Waals surface area (Å²) in [5, 5.41) is 6.04. The fraction of sp³-hybridized carbons (Fsp3) is 0.0500. The third kappa shape index (κ3) is 3.89. The van der Waals surface area contributed by atoms with Gasteiger partial charge < -0.3 is 20.1 Å². The van der Waals surface area contributed by atoms with Crippen molar-refractivity contribution in [1.82, 2.24) is 4.98 Å². The molecule has 0 atom stereocenters. The second-order valence-corrected chi connectivity index (χ2v) is 6.35. The molecule has 1 aromatic heterocycles. The Bertz CT molecular complexity index is 1050. The predicted octanol–water partition coefficient (Wildman–Crippen LogP) is 3.97. The molecule has 1 aliphatic rings. The first-order valence-corrected chi connectivity index (χ1v) is 8.70. The van der Waals surface area contributed by atoms with Crippen LogP contribution in [0.15, 0.2) is 60.8 Å². The number of pyridine rings is 1. The Hall–Kier alpha value is -3.58. The fourth-order valence-corrected chi connectivity index (χ4v) is 2.73. The standard InChI is InChI=1S/C20H14ClN3O4/c21-13-1-3-14(4-2-13)23-19(25)12-7-8-22-16(9-12)20(26)24-15-5-6-17-18(10-15)28-11-27-17/h1-10H,11H2,(H,23,25)(H,24,26). The van der Waals surface area contributed by atoms with Crippen LogP contribution in [-0.2, 0) is 0 Å². The first-order valence-electron chi connectivity index (χ1n) is 8.32. The molecule has 0 radical (unpaired) electrons. The second-order valence-electron chi connectivity index (χ2n) is 5.91. The number of carbonyl (C=O) groups is 2. The van der Waals surface area contributed by atoms with Gasteiger partial charge in [-0.05, 0) is 48.5 Å². The van der Waals surface area contributed by atoms with Gasteiger partial charge in [0.2, 0.25) is 6.79 Å². The molecular formula is C20H14ClN3O4. The molecular weight excluding hydrogens is 382 g/mol. The number of nitrogens with one attached hydrogen (secondary N) is 2. The topological polar surface area (TPSA) is 89.6 Å². The minimum absolute atomic E-state index is 0.112. The van der Waals surface area contributed by atoms with E-state index in [9.17, 15) is 9.59 Å². The molecule has 0 unspecified atom stereocenters. The van der Waals surface area contributed by atoms with Gasteiger partial charge in [-0.2, -0.15) is 0 Å². The molecule has 0 spiro atoms. The van der Waals surface area contributed by atoms with Gasteiger partial charge in [-0.25, -0.2) is 0 Å². The van der Waals surface area contributed by atoms with Gasteiger partial charge in [0.1, 0.15) is 5.69 Å². The predicted molar refractivity (Wildman–Crippen MR) is 104 cm³/mol. The number of halogens is 1. The number of nitrogens with zero attached hydrogens (tertiary/aromatic N) is 1. The minimum atomic E-state index is -0.444. The van der Waals surface area contributed by atoms with Crippen LogP contribution in [0.2, 0.25) is 5.02 Å². The van der Waals surface area contributed by atoms with Crippen molar-refractivity contribution in [3.05, 3.63) is 77.1 Å². The number of amides is 2. The molecule has 1 aliphatic heterocycles. The molecule has 7 nitrogen and oxygen atoms in total. The van der Waals surface area contributed by atoms with Crippen LogP contribution in [0.3, 0.4) is 0 Å².